The van der Waals surface area contributed by atoms with Gasteiger partial charge in [-0.05, 0) is 53.6 Å². The monoisotopic (exact) mass is 613 g/mol. The number of para-hydroxylation sites is 4. The number of fused-ring (bicyclic) bond motifs is 8. The second kappa shape index (κ2) is 10.5. The molecule has 0 unspecified atom stereocenters. The molecule has 0 spiro atoms. The van der Waals surface area contributed by atoms with E-state index in [1.54, 1.807) is 0 Å². The van der Waals surface area contributed by atoms with Gasteiger partial charge in [-0.1, -0.05) is 121 Å². The molecule has 3 heterocycles. The molecule has 0 atom stereocenters. The average Bonchev–Trinajstić information content (AvgIpc) is 3.74. The number of pyridine rings is 1. The van der Waals surface area contributed by atoms with E-state index in [9.17, 15) is 0 Å². The van der Waals surface area contributed by atoms with Crippen molar-refractivity contribution in [2.75, 3.05) is 0 Å². The first-order valence-electron chi connectivity index (χ1n) is 16.2. The van der Waals surface area contributed by atoms with Gasteiger partial charge >= 0.3 is 0 Å². The minimum Gasteiger partial charge on any atom is -0.455 e. The summed E-state index contributed by atoms with van der Waals surface area (Å²) in [6.45, 7) is 0. The molecule has 224 valence electrons. The van der Waals surface area contributed by atoms with Crippen LogP contribution in [0.1, 0.15) is 0 Å². The predicted molar refractivity (Wildman–Crippen MR) is 197 cm³/mol. The second-order valence-corrected chi connectivity index (χ2v) is 12.2. The molecule has 0 N–H and O–H groups in total. The molecule has 0 aliphatic rings. The quantitative estimate of drug-likeness (QED) is 0.186. The van der Waals surface area contributed by atoms with Gasteiger partial charge in [0, 0.05) is 43.7 Å². The summed E-state index contributed by atoms with van der Waals surface area (Å²) in [5, 5.41) is 5.53. The molecule has 7 aromatic carbocycles. The van der Waals surface area contributed by atoms with Crippen molar-refractivity contribution in [3.05, 3.63) is 164 Å². The molecule has 4 heteroatoms. The number of imidazole rings is 1. The predicted octanol–water partition coefficient (Wildman–Crippen LogP) is 11.6. The molecule has 10 rings (SSSR count). The zero-order valence-corrected chi connectivity index (χ0v) is 25.8. The van der Waals surface area contributed by atoms with Gasteiger partial charge in [0.2, 0.25) is 0 Å². The lowest BCUT2D eigenvalue weighted by atomic mass is 9.96. The molecule has 4 nitrogen and oxygen atoms in total. The molecule has 0 amide bonds. The van der Waals surface area contributed by atoms with Gasteiger partial charge in [0.1, 0.15) is 17.0 Å². The molecule has 0 aliphatic carbocycles. The van der Waals surface area contributed by atoms with E-state index >= 15 is 0 Å². The first-order valence-corrected chi connectivity index (χ1v) is 16.2. The van der Waals surface area contributed by atoms with Crippen molar-refractivity contribution in [1.29, 1.82) is 0 Å². The summed E-state index contributed by atoms with van der Waals surface area (Å²) in [4.78, 5) is 10.2. The van der Waals surface area contributed by atoms with Gasteiger partial charge in [-0.2, -0.15) is 0 Å². The van der Waals surface area contributed by atoms with E-state index in [1.807, 2.05) is 30.3 Å². The van der Waals surface area contributed by atoms with Crippen molar-refractivity contribution in [1.82, 2.24) is 14.5 Å². The summed E-state index contributed by atoms with van der Waals surface area (Å²) in [5.41, 5.74) is 11.3. The molecule has 0 fully saturated rings. The zero-order valence-electron chi connectivity index (χ0n) is 25.8. The summed E-state index contributed by atoms with van der Waals surface area (Å²) in [5.74, 6) is 0.934. The van der Waals surface area contributed by atoms with Crippen LogP contribution < -0.4 is 0 Å². The summed E-state index contributed by atoms with van der Waals surface area (Å²) in [6.07, 6.45) is 0. The number of rotatable bonds is 4. The van der Waals surface area contributed by atoms with Crippen LogP contribution in [0.4, 0.5) is 0 Å². The van der Waals surface area contributed by atoms with Crippen molar-refractivity contribution >= 4 is 54.6 Å². The third-order valence-corrected chi connectivity index (χ3v) is 9.42. The van der Waals surface area contributed by atoms with E-state index in [2.05, 4.69) is 138 Å². The number of benzene rings is 7. The number of aromatic nitrogens is 3. The molecule has 0 bridgehead atoms. The van der Waals surface area contributed by atoms with Gasteiger partial charge in [-0.3, -0.25) is 4.57 Å². The highest BCUT2D eigenvalue weighted by Crippen LogP contribution is 2.41. The maximum atomic E-state index is 6.50. The molecular formula is C44H27N3O. The van der Waals surface area contributed by atoms with Crippen molar-refractivity contribution < 1.29 is 4.42 Å². The highest BCUT2D eigenvalue weighted by atomic mass is 16.3. The Bertz CT molecular complexity index is 2810. The Morgan fingerprint density at radius 2 is 1.04 bits per heavy atom. The third kappa shape index (κ3) is 4.10. The topological polar surface area (TPSA) is 43.9 Å². The number of hydrogen-bond acceptors (Lipinski definition) is 3. The Morgan fingerprint density at radius 1 is 0.417 bits per heavy atom. The minimum absolute atomic E-state index is 0.898. The molecule has 0 aliphatic heterocycles. The van der Waals surface area contributed by atoms with E-state index < -0.39 is 0 Å². The first-order chi connectivity index (χ1) is 23.8. The lowest BCUT2D eigenvalue weighted by molar-refractivity contribution is 0.673. The molecule has 3 aromatic heterocycles. The standard InChI is InChI=1S/C44H27N3O/c1-2-10-31(11-3-1)44-46-38-15-7-8-16-39(38)47(44)32-24-22-29(23-25-32)28-18-20-30(21-19-28)42-36-27-26-34-33-12-5-9-17-40(33)48-43(34)41(36)35-13-4-6-14-37(35)45-42/h1-27H. The molecular weight excluding hydrogens is 587 g/mol. The fourth-order valence-corrected chi connectivity index (χ4v) is 7.13. The van der Waals surface area contributed by atoms with E-state index in [4.69, 9.17) is 14.4 Å². The molecule has 0 saturated carbocycles. The molecule has 0 radical (unpaired) electrons. The smallest absolute Gasteiger partial charge is 0.145 e. The Kier molecular flexibility index (Phi) is 5.84. The maximum absolute atomic E-state index is 6.50. The largest absolute Gasteiger partial charge is 0.455 e. The summed E-state index contributed by atoms with van der Waals surface area (Å²) in [7, 11) is 0. The summed E-state index contributed by atoms with van der Waals surface area (Å²) < 4.78 is 8.74. The van der Waals surface area contributed by atoms with Crippen LogP contribution in [0, 0.1) is 0 Å². The normalized spacial score (nSPS) is 11.8. The van der Waals surface area contributed by atoms with Crippen LogP contribution in [0.2, 0.25) is 0 Å². The second-order valence-electron chi connectivity index (χ2n) is 12.2. The fraction of sp³-hybridized carbons (Fsp3) is 0. The van der Waals surface area contributed by atoms with Gasteiger partial charge in [0.15, 0.2) is 0 Å². The lowest BCUT2D eigenvalue weighted by Crippen LogP contribution is -1.97. The summed E-state index contributed by atoms with van der Waals surface area (Å²) >= 11 is 0. The van der Waals surface area contributed by atoms with Crippen molar-refractivity contribution in [3.8, 4) is 39.5 Å². The van der Waals surface area contributed by atoms with Crippen LogP contribution in [0.25, 0.3) is 94.1 Å². The minimum atomic E-state index is 0.898. The van der Waals surface area contributed by atoms with Crippen LogP contribution in [0.3, 0.4) is 0 Å². The molecule has 48 heavy (non-hydrogen) atoms. The van der Waals surface area contributed by atoms with Gasteiger partial charge in [-0.15, -0.1) is 0 Å². The third-order valence-electron chi connectivity index (χ3n) is 9.42. The number of hydrogen-bond donors (Lipinski definition) is 0. The first kappa shape index (κ1) is 26.7. The molecule has 0 saturated heterocycles. The van der Waals surface area contributed by atoms with E-state index in [0.29, 0.717) is 0 Å². The van der Waals surface area contributed by atoms with Crippen molar-refractivity contribution in [3.63, 3.8) is 0 Å². The van der Waals surface area contributed by atoms with Crippen molar-refractivity contribution in [2.45, 2.75) is 0 Å². The van der Waals surface area contributed by atoms with E-state index in [0.717, 1.165) is 94.1 Å². The van der Waals surface area contributed by atoms with Gasteiger partial charge in [-0.25, -0.2) is 9.97 Å². The Morgan fingerprint density at radius 3 is 1.85 bits per heavy atom. The maximum Gasteiger partial charge on any atom is 0.145 e. The molecule has 10 aromatic rings. The Labute approximate surface area is 276 Å². The van der Waals surface area contributed by atoms with E-state index in [-0.39, 0.29) is 0 Å². The fourth-order valence-electron chi connectivity index (χ4n) is 7.13. The number of nitrogens with zero attached hydrogens (tertiary/aromatic N) is 3. The van der Waals surface area contributed by atoms with Gasteiger partial charge in [0.05, 0.1) is 22.2 Å². The van der Waals surface area contributed by atoms with Crippen LogP contribution in [-0.4, -0.2) is 14.5 Å². The highest BCUT2D eigenvalue weighted by molar-refractivity contribution is 6.24. The number of furan rings is 1. The van der Waals surface area contributed by atoms with Crippen molar-refractivity contribution in [2.24, 2.45) is 0 Å². The van der Waals surface area contributed by atoms with Crippen LogP contribution in [0.5, 0.6) is 0 Å². The van der Waals surface area contributed by atoms with Gasteiger partial charge < -0.3 is 4.42 Å². The Balaban J connectivity index is 1.06. The van der Waals surface area contributed by atoms with E-state index in [1.165, 1.54) is 0 Å². The van der Waals surface area contributed by atoms with Crippen LogP contribution >= 0.6 is 0 Å². The van der Waals surface area contributed by atoms with Crippen LogP contribution in [-0.2, 0) is 0 Å². The average molecular weight is 614 g/mol. The zero-order chi connectivity index (χ0) is 31.6. The van der Waals surface area contributed by atoms with Gasteiger partial charge in [0.25, 0.3) is 0 Å². The Hall–Kier alpha value is -6.52. The summed E-state index contributed by atoms with van der Waals surface area (Å²) in [6, 6.07) is 57.1. The highest BCUT2D eigenvalue weighted by Gasteiger charge is 2.18. The SMILES string of the molecule is c1ccc(-c2nc3ccccc3n2-c2ccc(-c3ccc(-c4nc5ccccc5c5c4ccc4c6ccccc6oc45)cc3)cc2)cc1. The lowest BCUT2D eigenvalue weighted by Gasteiger charge is -2.12. The van der Waals surface area contributed by atoms with Crippen LogP contribution in [0.15, 0.2) is 168 Å².